The number of hydrogen-bond acceptors (Lipinski definition) is 6. The molecule has 3 rings (SSSR count). The maximum Gasteiger partial charge on any atom is 0.243 e. The highest BCUT2D eigenvalue weighted by Crippen LogP contribution is 2.30. The number of anilines is 1. The van der Waals surface area contributed by atoms with Crippen molar-refractivity contribution in [1.82, 2.24) is 10.2 Å². The smallest absolute Gasteiger partial charge is 0.243 e. The Kier molecular flexibility index (Phi) is 11.6. The van der Waals surface area contributed by atoms with Crippen molar-refractivity contribution in [2.75, 3.05) is 37.9 Å². The minimum absolute atomic E-state index is 0.0375. The molecule has 2 amide bonds. The van der Waals surface area contributed by atoms with E-state index in [1.54, 1.807) is 36.3 Å². The summed E-state index contributed by atoms with van der Waals surface area (Å²) in [6.07, 6.45) is 1.74. The van der Waals surface area contributed by atoms with E-state index in [9.17, 15) is 18.0 Å². The number of benzene rings is 3. The van der Waals surface area contributed by atoms with E-state index in [0.717, 1.165) is 17.4 Å². The third-order valence-corrected chi connectivity index (χ3v) is 7.80. The normalized spacial score (nSPS) is 11.8. The first-order chi connectivity index (χ1) is 19.7. The van der Waals surface area contributed by atoms with Gasteiger partial charge in [-0.05, 0) is 48.7 Å². The van der Waals surface area contributed by atoms with E-state index in [1.165, 1.54) is 11.4 Å². The molecule has 0 aliphatic rings. The average molecular weight is 582 g/mol. The molecule has 0 fully saturated rings. The van der Waals surface area contributed by atoms with Crippen molar-refractivity contribution in [2.24, 2.45) is 0 Å². The van der Waals surface area contributed by atoms with Crippen molar-refractivity contribution in [2.45, 2.75) is 38.8 Å². The van der Waals surface area contributed by atoms with E-state index in [-0.39, 0.29) is 37.7 Å². The van der Waals surface area contributed by atoms with E-state index in [4.69, 9.17) is 9.47 Å². The minimum atomic E-state index is -3.65. The van der Waals surface area contributed by atoms with Crippen LogP contribution in [-0.4, -0.2) is 64.7 Å². The number of likely N-dealkylation sites (N-methyl/N-ethyl adjacent to an activating group) is 1. The van der Waals surface area contributed by atoms with Crippen molar-refractivity contribution in [1.29, 1.82) is 0 Å². The van der Waals surface area contributed by atoms with Gasteiger partial charge in [0.1, 0.15) is 17.5 Å². The second-order valence-electron chi connectivity index (χ2n) is 9.58. The number of carbonyl (C=O) groups excluding carboxylic acids is 2. The van der Waals surface area contributed by atoms with Gasteiger partial charge in [-0.1, -0.05) is 54.6 Å². The van der Waals surface area contributed by atoms with Crippen molar-refractivity contribution >= 4 is 27.5 Å². The van der Waals surface area contributed by atoms with Gasteiger partial charge in [-0.2, -0.15) is 0 Å². The zero-order chi connectivity index (χ0) is 29.8. The van der Waals surface area contributed by atoms with Gasteiger partial charge in [-0.25, -0.2) is 8.42 Å². The largest absolute Gasteiger partial charge is 0.497 e. The number of nitrogens with one attached hydrogen (secondary N) is 1. The molecule has 41 heavy (non-hydrogen) atoms. The zero-order valence-electron chi connectivity index (χ0n) is 24.1. The van der Waals surface area contributed by atoms with Crippen LogP contribution in [0.25, 0.3) is 0 Å². The molecule has 0 aliphatic heterocycles. The summed E-state index contributed by atoms with van der Waals surface area (Å²) in [7, 11) is -0.599. The van der Waals surface area contributed by atoms with Crippen LogP contribution in [0.5, 0.6) is 11.5 Å². The topological polar surface area (TPSA) is 105 Å². The molecule has 220 valence electrons. The Morgan fingerprint density at radius 2 is 1.59 bits per heavy atom. The lowest BCUT2D eigenvalue weighted by atomic mass is 10.0. The zero-order valence-corrected chi connectivity index (χ0v) is 24.9. The molecule has 1 atom stereocenters. The number of ether oxygens (including phenoxy) is 2. The fourth-order valence-electron chi connectivity index (χ4n) is 4.63. The van der Waals surface area contributed by atoms with Crippen LogP contribution in [0.1, 0.15) is 30.9 Å². The molecule has 0 aromatic heterocycles. The predicted octanol–water partition coefficient (Wildman–Crippen LogP) is 4.03. The Bertz CT molecular complexity index is 1400. The first-order valence-corrected chi connectivity index (χ1v) is 15.4. The predicted molar refractivity (Wildman–Crippen MR) is 161 cm³/mol. The second kappa shape index (κ2) is 15.1. The summed E-state index contributed by atoms with van der Waals surface area (Å²) in [6, 6.07) is 23.0. The molecule has 0 saturated heterocycles. The van der Waals surface area contributed by atoms with Crippen molar-refractivity contribution in [3.63, 3.8) is 0 Å². The minimum Gasteiger partial charge on any atom is -0.497 e. The SMILES string of the molecule is CCNC(=O)[C@@H](Cc1ccccc1)N(Cc1cccc(OC)c1)C(=O)CCCN(c1ccccc1OC)S(C)(=O)=O. The molecule has 0 radical (unpaired) electrons. The second-order valence-corrected chi connectivity index (χ2v) is 11.5. The molecule has 0 spiro atoms. The summed E-state index contributed by atoms with van der Waals surface area (Å²) in [5, 5.41) is 2.88. The lowest BCUT2D eigenvalue weighted by Crippen LogP contribution is -2.50. The molecule has 0 aliphatic carbocycles. The third-order valence-electron chi connectivity index (χ3n) is 6.62. The van der Waals surface area contributed by atoms with Gasteiger partial charge in [0.15, 0.2) is 0 Å². The first kappa shape index (κ1) is 31.5. The van der Waals surface area contributed by atoms with E-state index in [2.05, 4.69) is 5.32 Å². The van der Waals surface area contributed by atoms with Crippen molar-refractivity contribution < 1.29 is 27.5 Å². The standard InChI is InChI=1S/C31H39N3O6S/c1-5-32-31(36)28(22-24-13-7-6-8-14-24)33(23-25-15-11-16-26(21-25)39-2)30(35)19-12-20-34(41(4,37)38)27-17-9-10-18-29(27)40-3/h6-11,13-18,21,28H,5,12,19-20,22-23H2,1-4H3,(H,32,36)/t28-/m1/s1. The van der Waals surface area contributed by atoms with E-state index in [1.807, 2.05) is 61.5 Å². The van der Waals surface area contributed by atoms with Gasteiger partial charge >= 0.3 is 0 Å². The van der Waals surface area contributed by atoms with Crippen LogP contribution in [0, 0.1) is 0 Å². The van der Waals surface area contributed by atoms with Gasteiger partial charge in [0.2, 0.25) is 21.8 Å². The van der Waals surface area contributed by atoms with Crippen molar-refractivity contribution in [3.05, 3.63) is 90.0 Å². The van der Waals surface area contributed by atoms with E-state index in [0.29, 0.717) is 30.2 Å². The third kappa shape index (κ3) is 8.97. The molecule has 1 N–H and O–H groups in total. The number of methoxy groups -OCH3 is 2. The molecular formula is C31H39N3O6S. The highest BCUT2D eigenvalue weighted by Gasteiger charge is 2.30. The molecule has 0 unspecified atom stereocenters. The number of nitrogens with zero attached hydrogens (tertiary/aromatic N) is 2. The Balaban J connectivity index is 1.89. The maximum absolute atomic E-state index is 13.9. The van der Waals surface area contributed by atoms with Gasteiger partial charge in [-0.3, -0.25) is 13.9 Å². The van der Waals surface area contributed by atoms with Gasteiger partial charge in [0.05, 0.1) is 26.2 Å². The molecule has 10 heteroatoms. The number of carbonyl (C=O) groups is 2. The molecule has 0 heterocycles. The lowest BCUT2D eigenvalue weighted by Gasteiger charge is -2.32. The van der Waals surface area contributed by atoms with Crippen LogP contribution in [0.4, 0.5) is 5.69 Å². The first-order valence-electron chi connectivity index (χ1n) is 13.5. The molecule has 3 aromatic rings. The number of para-hydroxylation sites is 2. The van der Waals surface area contributed by atoms with Crippen LogP contribution < -0.4 is 19.1 Å². The summed E-state index contributed by atoms with van der Waals surface area (Å²) in [5.74, 6) is 0.559. The highest BCUT2D eigenvalue weighted by atomic mass is 32.2. The van der Waals surface area contributed by atoms with Gasteiger partial charge in [-0.15, -0.1) is 0 Å². The fraction of sp³-hybridized carbons (Fsp3) is 0.355. The summed E-state index contributed by atoms with van der Waals surface area (Å²) in [5.41, 5.74) is 2.14. The summed E-state index contributed by atoms with van der Waals surface area (Å²) in [6.45, 7) is 2.52. The lowest BCUT2D eigenvalue weighted by molar-refractivity contribution is -0.141. The van der Waals surface area contributed by atoms with Gasteiger partial charge in [0, 0.05) is 32.5 Å². The van der Waals surface area contributed by atoms with Gasteiger partial charge in [0.25, 0.3) is 0 Å². The molecule has 3 aromatic carbocycles. The summed E-state index contributed by atoms with van der Waals surface area (Å²) < 4.78 is 37.4. The Morgan fingerprint density at radius 1 is 0.902 bits per heavy atom. The number of rotatable bonds is 15. The van der Waals surface area contributed by atoms with E-state index < -0.39 is 16.1 Å². The average Bonchev–Trinajstić information content (AvgIpc) is 2.97. The van der Waals surface area contributed by atoms with Crippen molar-refractivity contribution in [3.8, 4) is 11.5 Å². The maximum atomic E-state index is 13.9. The van der Waals surface area contributed by atoms with Crippen LogP contribution in [-0.2, 0) is 32.6 Å². The van der Waals surface area contributed by atoms with E-state index >= 15 is 0 Å². The van der Waals surface area contributed by atoms with Crippen LogP contribution in [0.3, 0.4) is 0 Å². The Morgan fingerprint density at radius 3 is 2.24 bits per heavy atom. The molecule has 9 nitrogen and oxygen atoms in total. The van der Waals surface area contributed by atoms with Crippen LogP contribution in [0.2, 0.25) is 0 Å². The van der Waals surface area contributed by atoms with Crippen LogP contribution >= 0.6 is 0 Å². The summed E-state index contributed by atoms with van der Waals surface area (Å²) >= 11 is 0. The number of amides is 2. The fourth-order valence-corrected chi connectivity index (χ4v) is 5.60. The van der Waals surface area contributed by atoms with Crippen LogP contribution in [0.15, 0.2) is 78.9 Å². The molecular weight excluding hydrogens is 542 g/mol. The highest BCUT2D eigenvalue weighted by molar-refractivity contribution is 7.92. The number of hydrogen-bond donors (Lipinski definition) is 1. The van der Waals surface area contributed by atoms with Gasteiger partial charge < -0.3 is 19.7 Å². The molecule has 0 bridgehead atoms. The quantitative estimate of drug-likeness (QED) is 0.291. The molecule has 0 saturated carbocycles. The summed E-state index contributed by atoms with van der Waals surface area (Å²) in [4.78, 5) is 28.8. The Hall–Kier alpha value is -4.05. The monoisotopic (exact) mass is 581 g/mol. The number of sulfonamides is 1. The Labute approximate surface area is 243 Å².